The van der Waals surface area contributed by atoms with Crippen molar-refractivity contribution >= 4 is 10.0 Å². The van der Waals surface area contributed by atoms with E-state index in [0.29, 0.717) is 25.3 Å². The molecule has 0 spiro atoms. The van der Waals surface area contributed by atoms with Gasteiger partial charge in [0, 0.05) is 37.5 Å². The van der Waals surface area contributed by atoms with E-state index in [0.717, 1.165) is 5.69 Å². The number of nitrogens with one attached hydrogen (secondary N) is 2. The predicted molar refractivity (Wildman–Crippen MR) is 77.0 cm³/mol. The molecule has 0 fully saturated rings. The van der Waals surface area contributed by atoms with Crippen LogP contribution >= 0.6 is 0 Å². The number of ether oxygens (including phenoxy) is 1. The van der Waals surface area contributed by atoms with Crippen LogP contribution < -0.4 is 5.32 Å². The number of nitrogens with zero attached hydrogens (tertiary/aromatic N) is 2. The number of sulfonamides is 1. The molecule has 1 aromatic rings. The molecule has 0 radical (unpaired) electrons. The van der Waals surface area contributed by atoms with Crippen LogP contribution in [0.2, 0.25) is 0 Å². The van der Waals surface area contributed by atoms with E-state index < -0.39 is 10.0 Å². The molecule has 7 nitrogen and oxygen atoms in total. The maximum absolute atomic E-state index is 12.7. The van der Waals surface area contributed by atoms with Crippen molar-refractivity contribution in [2.45, 2.75) is 38.4 Å². The first-order valence-corrected chi connectivity index (χ1v) is 7.99. The minimum atomic E-state index is -3.63. The summed E-state index contributed by atoms with van der Waals surface area (Å²) in [7, 11) is -0.310. The Morgan fingerprint density at radius 3 is 2.60 bits per heavy atom. The zero-order valence-corrected chi connectivity index (χ0v) is 13.5. The average Bonchev–Trinajstić information content (AvgIpc) is 2.72. The van der Waals surface area contributed by atoms with Crippen molar-refractivity contribution in [3.63, 3.8) is 0 Å². The molecule has 0 aliphatic carbocycles. The Morgan fingerprint density at radius 1 is 1.45 bits per heavy atom. The summed E-state index contributed by atoms with van der Waals surface area (Å²) in [5, 5.41) is 9.79. The monoisotopic (exact) mass is 304 g/mol. The molecule has 0 aliphatic heterocycles. The average molecular weight is 304 g/mol. The minimum absolute atomic E-state index is 0.0918. The second-order valence-electron chi connectivity index (χ2n) is 4.86. The van der Waals surface area contributed by atoms with Crippen molar-refractivity contribution in [3.8, 4) is 0 Å². The maximum atomic E-state index is 12.7. The summed E-state index contributed by atoms with van der Waals surface area (Å²) in [5.41, 5.74) is 1.43. The molecule has 0 aliphatic rings. The van der Waals surface area contributed by atoms with Gasteiger partial charge >= 0.3 is 0 Å². The third-order valence-corrected chi connectivity index (χ3v) is 5.08. The number of aryl methyl sites for hydroxylation is 1. The Labute approximate surface area is 120 Å². The lowest BCUT2D eigenvalue weighted by atomic mass is 10.3. The Morgan fingerprint density at radius 2 is 2.10 bits per heavy atom. The summed E-state index contributed by atoms with van der Waals surface area (Å²) in [6, 6.07) is -0.158. The summed E-state index contributed by atoms with van der Waals surface area (Å²) in [5.74, 6) is 0. The molecular weight excluding hydrogens is 280 g/mol. The van der Waals surface area contributed by atoms with Crippen LogP contribution in [0.1, 0.15) is 25.1 Å². The van der Waals surface area contributed by atoms with Gasteiger partial charge in [0.1, 0.15) is 0 Å². The zero-order valence-electron chi connectivity index (χ0n) is 12.7. The van der Waals surface area contributed by atoms with Crippen LogP contribution in [-0.2, 0) is 21.3 Å². The molecule has 2 N–H and O–H groups in total. The predicted octanol–water partition coefficient (Wildman–Crippen LogP) is 0.483. The molecule has 0 unspecified atom stereocenters. The third-order valence-electron chi connectivity index (χ3n) is 3.03. The second kappa shape index (κ2) is 7.16. The van der Waals surface area contributed by atoms with Crippen molar-refractivity contribution in [1.82, 2.24) is 19.8 Å². The number of rotatable bonds is 8. The van der Waals surface area contributed by atoms with Gasteiger partial charge in [-0.15, -0.1) is 0 Å². The van der Waals surface area contributed by atoms with Gasteiger partial charge in [0.2, 0.25) is 0 Å². The molecular formula is C12H24N4O3S. The van der Waals surface area contributed by atoms with Gasteiger partial charge in [0.15, 0.2) is 5.03 Å². The van der Waals surface area contributed by atoms with E-state index >= 15 is 0 Å². The Hall–Kier alpha value is -0.960. The fourth-order valence-electron chi connectivity index (χ4n) is 1.98. The smallest absolute Gasteiger partial charge is 0.263 e. The van der Waals surface area contributed by atoms with Crippen molar-refractivity contribution < 1.29 is 13.2 Å². The lowest BCUT2D eigenvalue weighted by Gasteiger charge is -2.25. The second-order valence-corrected chi connectivity index (χ2v) is 6.67. The molecule has 8 heteroatoms. The van der Waals surface area contributed by atoms with Crippen LogP contribution in [0, 0.1) is 6.92 Å². The highest BCUT2D eigenvalue weighted by molar-refractivity contribution is 7.89. The third kappa shape index (κ3) is 3.57. The molecule has 1 rings (SSSR count). The normalized spacial score (nSPS) is 12.6. The summed E-state index contributed by atoms with van der Waals surface area (Å²) in [6.07, 6.45) is 0. The van der Waals surface area contributed by atoms with Crippen molar-refractivity contribution in [3.05, 3.63) is 11.3 Å². The molecule has 0 amide bonds. The van der Waals surface area contributed by atoms with Gasteiger partial charge in [-0.05, 0) is 27.8 Å². The highest BCUT2D eigenvalue weighted by Gasteiger charge is 2.31. The lowest BCUT2D eigenvalue weighted by molar-refractivity contribution is 0.170. The molecule has 20 heavy (non-hydrogen) atoms. The van der Waals surface area contributed by atoms with Crippen molar-refractivity contribution in [2.75, 3.05) is 27.3 Å². The van der Waals surface area contributed by atoms with Crippen LogP contribution in [0.5, 0.6) is 0 Å². The van der Waals surface area contributed by atoms with Crippen molar-refractivity contribution in [2.24, 2.45) is 0 Å². The fourth-order valence-corrected chi connectivity index (χ4v) is 3.77. The molecule has 0 atom stereocenters. The summed E-state index contributed by atoms with van der Waals surface area (Å²) >= 11 is 0. The van der Waals surface area contributed by atoms with E-state index in [9.17, 15) is 8.42 Å². The highest BCUT2D eigenvalue weighted by Crippen LogP contribution is 2.22. The van der Waals surface area contributed by atoms with Crippen LogP contribution in [0.3, 0.4) is 0 Å². The van der Waals surface area contributed by atoms with E-state index in [2.05, 4.69) is 15.5 Å². The molecule has 116 valence electrons. The number of hydrogen-bond acceptors (Lipinski definition) is 5. The lowest BCUT2D eigenvalue weighted by Crippen LogP contribution is -2.39. The van der Waals surface area contributed by atoms with Gasteiger partial charge in [-0.25, -0.2) is 8.42 Å². The Kier molecular flexibility index (Phi) is 6.12. The topological polar surface area (TPSA) is 87.3 Å². The minimum Gasteiger partial charge on any atom is -0.383 e. The standard InChI is InChI=1S/C12H24N4O3S/c1-9(2)16(6-7-19-5)20(17,18)12-11(8-13-4)10(3)14-15-12/h9,13H,6-8H2,1-5H3,(H,14,15). The van der Waals surface area contributed by atoms with E-state index in [1.54, 1.807) is 14.2 Å². The first kappa shape index (κ1) is 17.1. The largest absolute Gasteiger partial charge is 0.383 e. The van der Waals surface area contributed by atoms with E-state index in [-0.39, 0.29) is 11.1 Å². The zero-order chi connectivity index (χ0) is 15.3. The van der Waals surface area contributed by atoms with E-state index in [1.165, 1.54) is 4.31 Å². The Bertz CT molecular complexity index is 525. The summed E-state index contributed by atoms with van der Waals surface area (Å²) in [6.45, 7) is 6.60. The number of aromatic amines is 1. The number of aromatic nitrogens is 2. The van der Waals surface area contributed by atoms with Crippen molar-refractivity contribution in [1.29, 1.82) is 0 Å². The van der Waals surface area contributed by atoms with Gasteiger partial charge in [-0.1, -0.05) is 0 Å². The Balaban J connectivity index is 3.19. The summed E-state index contributed by atoms with van der Waals surface area (Å²) in [4.78, 5) is 0. The van der Waals surface area contributed by atoms with Gasteiger partial charge in [-0.2, -0.15) is 9.40 Å². The van der Waals surface area contributed by atoms with E-state index in [4.69, 9.17) is 4.74 Å². The molecule has 1 heterocycles. The maximum Gasteiger partial charge on any atom is 0.263 e. The molecule has 0 aromatic carbocycles. The van der Waals surface area contributed by atoms with Gasteiger partial charge in [-0.3, -0.25) is 5.10 Å². The SMILES string of the molecule is CNCc1c(S(=O)(=O)N(CCOC)C(C)C)n[nH]c1C. The van der Waals surface area contributed by atoms with Crippen LogP contribution in [0.15, 0.2) is 5.03 Å². The van der Waals surface area contributed by atoms with Gasteiger partial charge in [0.25, 0.3) is 10.0 Å². The molecule has 0 saturated carbocycles. The summed E-state index contributed by atoms with van der Waals surface area (Å²) < 4.78 is 31.9. The number of hydrogen-bond donors (Lipinski definition) is 2. The van der Waals surface area contributed by atoms with Crippen LogP contribution in [-0.4, -0.2) is 56.3 Å². The fraction of sp³-hybridized carbons (Fsp3) is 0.750. The number of methoxy groups -OCH3 is 1. The first-order valence-electron chi connectivity index (χ1n) is 6.55. The molecule has 0 bridgehead atoms. The highest BCUT2D eigenvalue weighted by atomic mass is 32.2. The van der Waals surface area contributed by atoms with Gasteiger partial charge < -0.3 is 10.1 Å². The van der Waals surface area contributed by atoms with Crippen LogP contribution in [0.25, 0.3) is 0 Å². The molecule has 1 aromatic heterocycles. The number of H-pyrrole nitrogens is 1. The first-order chi connectivity index (χ1) is 9.36. The van der Waals surface area contributed by atoms with Crippen LogP contribution in [0.4, 0.5) is 0 Å². The van der Waals surface area contributed by atoms with Gasteiger partial charge in [0.05, 0.1) is 6.61 Å². The quantitative estimate of drug-likeness (QED) is 0.729. The van der Waals surface area contributed by atoms with E-state index in [1.807, 2.05) is 20.8 Å². The molecule has 0 saturated heterocycles.